The van der Waals surface area contributed by atoms with Gasteiger partial charge in [0.15, 0.2) is 12.4 Å². The summed E-state index contributed by atoms with van der Waals surface area (Å²) in [6.07, 6.45) is 0.119. The number of nitro benzene ring substituents is 1. The van der Waals surface area contributed by atoms with Crippen molar-refractivity contribution in [3.05, 3.63) is 118 Å². The number of benzene rings is 4. The Morgan fingerprint density at radius 3 is 2.22 bits per heavy atom. The molecule has 0 fully saturated rings. The minimum atomic E-state index is -0.531. The molecule has 4 aromatic carbocycles. The molecule has 0 atom stereocenters. The second-order valence-electron chi connectivity index (χ2n) is 8.97. The lowest BCUT2D eigenvalue weighted by molar-refractivity contribution is -0.384. The van der Waals surface area contributed by atoms with Gasteiger partial charge in [0, 0.05) is 36.5 Å². The Morgan fingerprint density at radius 2 is 1.59 bits per heavy atom. The molecule has 0 aliphatic rings. The summed E-state index contributed by atoms with van der Waals surface area (Å²) in [5, 5.41) is 19.2. The highest BCUT2D eigenvalue weighted by Gasteiger charge is 2.13. The standard InChI is InChI=1S/C31H27ClN4O5/c1-2-35(26-14-12-25(13-15-26)33-34-29-17-16-27(36(39)40)20-28(29)32)19-18-31(38)41-21-30(37)24-10-8-23(9-11-24)22-6-4-3-5-7-22/h3-17,20H,2,18-19,21H2,1H3. The first kappa shape index (κ1) is 29.1. The van der Waals surface area contributed by atoms with E-state index in [1.54, 1.807) is 24.3 Å². The summed E-state index contributed by atoms with van der Waals surface area (Å²) in [4.78, 5) is 37.2. The lowest BCUT2D eigenvalue weighted by Crippen LogP contribution is -2.26. The highest BCUT2D eigenvalue weighted by Crippen LogP contribution is 2.31. The Balaban J connectivity index is 1.26. The van der Waals surface area contributed by atoms with E-state index in [4.69, 9.17) is 16.3 Å². The Hall–Kier alpha value is -4.89. The van der Waals surface area contributed by atoms with Crippen molar-refractivity contribution in [3.63, 3.8) is 0 Å². The highest BCUT2D eigenvalue weighted by atomic mass is 35.5. The zero-order valence-corrected chi connectivity index (χ0v) is 23.0. The number of Topliss-reactive ketones (excluding diaryl/α,β-unsaturated/α-hetero) is 1. The molecule has 0 saturated heterocycles. The molecule has 0 spiro atoms. The monoisotopic (exact) mass is 570 g/mol. The number of rotatable bonds is 12. The quantitative estimate of drug-likeness (QED) is 0.0560. The first-order valence-electron chi connectivity index (χ1n) is 12.9. The van der Waals surface area contributed by atoms with Crippen LogP contribution in [0.5, 0.6) is 0 Å². The summed E-state index contributed by atoms with van der Waals surface area (Å²) < 4.78 is 5.24. The Kier molecular flexibility index (Phi) is 9.90. The van der Waals surface area contributed by atoms with E-state index in [1.165, 1.54) is 18.2 Å². The van der Waals surface area contributed by atoms with Gasteiger partial charge in [-0.2, -0.15) is 5.11 Å². The summed E-state index contributed by atoms with van der Waals surface area (Å²) in [5.74, 6) is -0.715. The number of hydrogen-bond donors (Lipinski definition) is 0. The molecule has 0 amide bonds. The number of halogens is 1. The van der Waals surface area contributed by atoms with Crippen LogP contribution in [-0.2, 0) is 9.53 Å². The number of esters is 1. The molecule has 0 radical (unpaired) electrons. The maximum Gasteiger partial charge on any atom is 0.308 e. The molecular weight excluding hydrogens is 544 g/mol. The van der Waals surface area contributed by atoms with Crippen LogP contribution in [-0.4, -0.2) is 36.4 Å². The molecular formula is C31H27ClN4O5. The van der Waals surface area contributed by atoms with Crippen LogP contribution in [0.25, 0.3) is 11.1 Å². The molecule has 0 aliphatic carbocycles. The molecule has 0 heterocycles. The van der Waals surface area contributed by atoms with Gasteiger partial charge in [-0.05, 0) is 48.4 Å². The van der Waals surface area contributed by atoms with Crippen LogP contribution in [0.15, 0.2) is 107 Å². The van der Waals surface area contributed by atoms with Crippen molar-refractivity contribution in [2.24, 2.45) is 10.2 Å². The van der Waals surface area contributed by atoms with Crippen molar-refractivity contribution < 1.29 is 19.2 Å². The van der Waals surface area contributed by atoms with Crippen molar-refractivity contribution in [1.82, 2.24) is 0 Å². The minimum Gasteiger partial charge on any atom is -0.457 e. The molecule has 4 rings (SSSR count). The SMILES string of the molecule is CCN(CCC(=O)OCC(=O)c1ccc(-c2ccccc2)cc1)c1ccc(N=Nc2ccc([N+](=O)[O-])cc2Cl)cc1. The number of anilines is 1. The number of ether oxygens (including phenoxy) is 1. The van der Waals surface area contributed by atoms with Gasteiger partial charge >= 0.3 is 5.97 Å². The van der Waals surface area contributed by atoms with Crippen LogP contribution in [0.3, 0.4) is 0 Å². The highest BCUT2D eigenvalue weighted by molar-refractivity contribution is 6.33. The van der Waals surface area contributed by atoms with Gasteiger partial charge in [-0.3, -0.25) is 19.7 Å². The Labute approximate surface area is 242 Å². The van der Waals surface area contributed by atoms with E-state index >= 15 is 0 Å². The summed E-state index contributed by atoms with van der Waals surface area (Å²) in [6, 6.07) is 28.3. The van der Waals surface area contributed by atoms with Crippen molar-refractivity contribution in [2.45, 2.75) is 13.3 Å². The van der Waals surface area contributed by atoms with Crippen LogP contribution in [0.4, 0.5) is 22.7 Å². The maximum absolute atomic E-state index is 12.5. The van der Waals surface area contributed by atoms with E-state index in [1.807, 2.05) is 66.4 Å². The number of nitro groups is 1. The molecule has 0 saturated carbocycles. The molecule has 0 bridgehead atoms. The van der Waals surface area contributed by atoms with E-state index in [9.17, 15) is 19.7 Å². The summed E-state index contributed by atoms with van der Waals surface area (Å²) >= 11 is 6.06. The third kappa shape index (κ3) is 8.06. The molecule has 0 N–H and O–H groups in total. The van der Waals surface area contributed by atoms with E-state index in [0.29, 0.717) is 30.0 Å². The van der Waals surface area contributed by atoms with Gasteiger partial charge in [0.1, 0.15) is 5.69 Å². The fraction of sp³-hybridized carbons (Fsp3) is 0.161. The molecule has 0 unspecified atom stereocenters. The summed E-state index contributed by atoms with van der Waals surface area (Å²) in [7, 11) is 0. The third-order valence-corrected chi connectivity index (χ3v) is 6.58. The van der Waals surface area contributed by atoms with Gasteiger partial charge in [0.2, 0.25) is 0 Å². The lowest BCUT2D eigenvalue weighted by atomic mass is 10.0. The molecule has 0 aliphatic heterocycles. The van der Waals surface area contributed by atoms with Gasteiger partial charge < -0.3 is 9.64 Å². The smallest absolute Gasteiger partial charge is 0.308 e. The Bertz CT molecular complexity index is 1540. The fourth-order valence-corrected chi connectivity index (χ4v) is 4.22. The van der Waals surface area contributed by atoms with Gasteiger partial charge in [-0.25, -0.2) is 0 Å². The predicted octanol–water partition coefficient (Wildman–Crippen LogP) is 7.97. The third-order valence-electron chi connectivity index (χ3n) is 6.28. The van der Waals surface area contributed by atoms with Gasteiger partial charge in [0.05, 0.1) is 22.1 Å². The maximum atomic E-state index is 12.5. The molecule has 4 aromatic rings. The zero-order chi connectivity index (χ0) is 29.2. The largest absolute Gasteiger partial charge is 0.457 e. The molecule has 41 heavy (non-hydrogen) atoms. The van der Waals surface area contributed by atoms with Gasteiger partial charge in [-0.15, -0.1) is 5.11 Å². The van der Waals surface area contributed by atoms with E-state index in [0.717, 1.165) is 16.8 Å². The number of nitrogens with zero attached hydrogens (tertiary/aromatic N) is 4. The van der Waals surface area contributed by atoms with Crippen LogP contribution >= 0.6 is 11.6 Å². The lowest BCUT2D eigenvalue weighted by Gasteiger charge is -2.22. The van der Waals surface area contributed by atoms with E-state index in [-0.39, 0.29) is 29.5 Å². The van der Waals surface area contributed by atoms with Crippen molar-refractivity contribution >= 4 is 46.1 Å². The van der Waals surface area contributed by atoms with Crippen LogP contribution in [0.1, 0.15) is 23.7 Å². The zero-order valence-electron chi connectivity index (χ0n) is 22.3. The summed E-state index contributed by atoms with van der Waals surface area (Å²) in [6.45, 7) is 2.72. The van der Waals surface area contributed by atoms with E-state index in [2.05, 4.69) is 10.2 Å². The molecule has 208 valence electrons. The van der Waals surface area contributed by atoms with Crippen LogP contribution < -0.4 is 4.90 Å². The molecule has 10 heteroatoms. The number of carbonyl (C=O) groups is 2. The molecule has 0 aromatic heterocycles. The summed E-state index contributed by atoms with van der Waals surface area (Å²) in [5.41, 5.74) is 4.19. The van der Waals surface area contributed by atoms with Crippen molar-refractivity contribution in [2.75, 3.05) is 24.6 Å². The number of azo groups is 1. The van der Waals surface area contributed by atoms with Crippen molar-refractivity contribution in [3.8, 4) is 11.1 Å². The number of carbonyl (C=O) groups excluding carboxylic acids is 2. The fourth-order valence-electron chi connectivity index (χ4n) is 4.01. The minimum absolute atomic E-state index is 0.119. The average molecular weight is 571 g/mol. The first-order valence-corrected chi connectivity index (χ1v) is 13.3. The predicted molar refractivity (Wildman–Crippen MR) is 158 cm³/mol. The van der Waals surface area contributed by atoms with Gasteiger partial charge in [0.25, 0.3) is 5.69 Å². The second kappa shape index (κ2) is 14.0. The van der Waals surface area contributed by atoms with Gasteiger partial charge in [-0.1, -0.05) is 66.2 Å². The van der Waals surface area contributed by atoms with Crippen LogP contribution in [0.2, 0.25) is 5.02 Å². The van der Waals surface area contributed by atoms with E-state index < -0.39 is 10.9 Å². The Morgan fingerprint density at radius 1 is 0.902 bits per heavy atom. The number of hydrogen-bond acceptors (Lipinski definition) is 8. The number of ketones is 1. The normalized spacial score (nSPS) is 10.9. The van der Waals surface area contributed by atoms with Crippen LogP contribution in [0, 0.1) is 10.1 Å². The molecule has 9 nitrogen and oxygen atoms in total. The average Bonchev–Trinajstić information content (AvgIpc) is 3.00. The van der Waals surface area contributed by atoms with Crippen molar-refractivity contribution in [1.29, 1.82) is 0 Å². The topological polar surface area (TPSA) is 114 Å². The first-order chi connectivity index (χ1) is 19.8. The number of non-ortho nitro benzene ring substituents is 1. The second-order valence-corrected chi connectivity index (χ2v) is 9.37.